The second-order valence-electron chi connectivity index (χ2n) is 3.96. The van der Waals surface area contributed by atoms with Gasteiger partial charge in [-0.25, -0.2) is 19.1 Å². The van der Waals surface area contributed by atoms with Crippen LogP contribution in [-0.4, -0.2) is 11.0 Å². The van der Waals surface area contributed by atoms with Crippen LogP contribution in [0.4, 0.5) is 20.7 Å². The Labute approximate surface area is 103 Å². The van der Waals surface area contributed by atoms with Gasteiger partial charge >= 0.3 is 6.03 Å². The van der Waals surface area contributed by atoms with Crippen LogP contribution in [0.2, 0.25) is 0 Å². The maximum absolute atomic E-state index is 13.2. The average Bonchev–Trinajstić information content (AvgIpc) is 2.38. The van der Waals surface area contributed by atoms with E-state index in [0.717, 1.165) is 5.56 Å². The van der Waals surface area contributed by atoms with Gasteiger partial charge in [0.05, 0.1) is 5.69 Å². The Morgan fingerprint density at radius 1 is 1.28 bits per heavy atom. The molecule has 0 saturated heterocycles. The predicted molar refractivity (Wildman–Crippen MR) is 65.0 cm³/mol. The number of hydrogen-bond acceptors (Lipinski definition) is 2. The highest BCUT2D eigenvalue weighted by Gasteiger charge is 2.26. The summed E-state index contributed by atoms with van der Waals surface area (Å²) in [5.41, 5.74) is 1.37. The van der Waals surface area contributed by atoms with Gasteiger partial charge in [0.2, 0.25) is 0 Å². The zero-order valence-corrected chi connectivity index (χ0v) is 9.43. The number of urea groups is 1. The van der Waals surface area contributed by atoms with Gasteiger partial charge in [0.25, 0.3) is 0 Å². The zero-order valence-electron chi connectivity index (χ0n) is 9.43. The van der Waals surface area contributed by atoms with Gasteiger partial charge in [-0.1, -0.05) is 12.1 Å². The van der Waals surface area contributed by atoms with Crippen LogP contribution in [0.15, 0.2) is 42.6 Å². The van der Waals surface area contributed by atoms with E-state index >= 15 is 0 Å². The lowest BCUT2D eigenvalue weighted by Crippen LogP contribution is -2.41. The molecule has 2 heterocycles. The zero-order chi connectivity index (χ0) is 12.5. The fourth-order valence-corrected chi connectivity index (χ4v) is 1.97. The Morgan fingerprint density at radius 3 is 3.00 bits per heavy atom. The molecule has 18 heavy (non-hydrogen) atoms. The molecule has 0 atom stereocenters. The molecule has 0 radical (unpaired) electrons. The second kappa shape index (κ2) is 4.10. The Hall–Kier alpha value is -2.43. The molecule has 5 heteroatoms. The van der Waals surface area contributed by atoms with Crippen molar-refractivity contribution < 1.29 is 9.18 Å². The number of amides is 2. The summed E-state index contributed by atoms with van der Waals surface area (Å²) in [5.74, 6) is 0.162. The number of carbonyl (C=O) groups is 1. The van der Waals surface area contributed by atoms with Gasteiger partial charge in [0, 0.05) is 18.3 Å². The van der Waals surface area contributed by atoms with E-state index in [1.807, 2.05) is 6.07 Å². The van der Waals surface area contributed by atoms with Crippen molar-refractivity contribution >= 4 is 17.5 Å². The summed E-state index contributed by atoms with van der Waals surface area (Å²) in [6, 6.07) is 9.27. The quantitative estimate of drug-likeness (QED) is 0.836. The summed E-state index contributed by atoms with van der Waals surface area (Å²) in [6.07, 6.45) is 1.61. The lowest BCUT2D eigenvalue weighted by atomic mass is 10.2. The highest BCUT2D eigenvalue weighted by molar-refractivity contribution is 6.00. The molecular formula is C13H10FN3O. The van der Waals surface area contributed by atoms with E-state index in [9.17, 15) is 9.18 Å². The maximum atomic E-state index is 13.2. The number of halogens is 1. The fraction of sp³-hybridized carbons (Fsp3) is 0.0769. The highest BCUT2D eigenvalue weighted by atomic mass is 19.1. The van der Waals surface area contributed by atoms with Crippen molar-refractivity contribution in [2.24, 2.45) is 0 Å². The topological polar surface area (TPSA) is 45.2 Å². The standard InChI is InChI=1S/C13H10FN3O/c14-10-4-1-5-11(7-10)17-12-9(3-2-6-15-12)8-16-13(17)18/h1-7H,8H2,(H,16,18). The molecule has 0 bridgehead atoms. The average molecular weight is 243 g/mol. The van der Waals surface area contributed by atoms with Crippen LogP contribution in [0.3, 0.4) is 0 Å². The first-order valence-corrected chi connectivity index (χ1v) is 5.53. The van der Waals surface area contributed by atoms with Crippen LogP contribution in [0.1, 0.15) is 5.56 Å². The van der Waals surface area contributed by atoms with Crippen molar-refractivity contribution in [3.05, 3.63) is 54.0 Å². The largest absolute Gasteiger partial charge is 0.333 e. The van der Waals surface area contributed by atoms with Gasteiger partial charge in [0.1, 0.15) is 11.6 Å². The summed E-state index contributed by atoms with van der Waals surface area (Å²) in [7, 11) is 0. The number of anilines is 2. The Bertz CT molecular complexity index is 615. The van der Waals surface area contributed by atoms with E-state index in [1.165, 1.54) is 17.0 Å². The smallest absolute Gasteiger partial charge is 0.327 e. The van der Waals surface area contributed by atoms with E-state index in [0.29, 0.717) is 18.1 Å². The number of nitrogens with zero attached hydrogens (tertiary/aromatic N) is 2. The Balaban J connectivity index is 2.13. The molecule has 2 amide bonds. The van der Waals surface area contributed by atoms with Crippen molar-refractivity contribution in [2.75, 3.05) is 4.90 Å². The third-order valence-electron chi connectivity index (χ3n) is 2.78. The van der Waals surface area contributed by atoms with Crippen molar-refractivity contribution in [1.29, 1.82) is 0 Å². The maximum Gasteiger partial charge on any atom is 0.327 e. The van der Waals surface area contributed by atoms with Crippen LogP contribution < -0.4 is 10.2 Å². The van der Waals surface area contributed by atoms with Crippen LogP contribution in [0.5, 0.6) is 0 Å². The fourth-order valence-electron chi connectivity index (χ4n) is 1.97. The minimum atomic E-state index is -0.386. The van der Waals surface area contributed by atoms with Gasteiger partial charge in [-0.2, -0.15) is 0 Å². The molecule has 1 aliphatic heterocycles. The SMILES string of the molecule is O=C1NCc2cccnc2N1c1cccc(F)c1. The van der Waals surface area contributed by atoms with Gasteiger partial charge < -0.3 is 5.32 Å². The molecule has 0 fully saturated rings. The van der Waals surface area contributed by atoms with E-state index in [2.05, 4.69) is 10.3 Å². The number of pyridine rings is 1. The first-order valence-electron chi connectivity index (χ1n) is 5.53. The van der Waals surface area contributed by atoms with E-state index in [-0.39, 0.29) is 11.8 Å². The summed E-state index contributed by atoms with van der Waals surface area (Å²) in [4.78, 5) is 17.5. The number of benzene rings is 1. The van der Waals surface area contributed by atoms with Gasteiger partial charge in [-0.15, -0.1) is 0 Å². The predicted octanol–water partition coefficient (Wildman–Crippen LogP) is 2.58. The summed E-state index contributed by atoms with van der Waals surface area (Å²) >= 11 is 0. The molecule has 4 nitrogen and oxygen atoms in total. The number of carbonyl (C=O) groups excluding carboxylic acids is 1. The number of rotatable bonds is 1. The van der Waals surface area contributed by atoms with Crippen LogP contribution >= 0.6 is 0 Å². The van der Waals surface area contributed by atoms with Crippen LogP contribution in [0.25, 0.3) is 0 Å². The number of aromatic nitrogens is 1. The van der Waals surface area contributed by atoms with E-state index < -0.39 is 0 Å². The molecule has 0 aliphatic carbocycles. The number of nitrogens with one attached hydrogen (secondary N) is 1. The summed E-state index contributed by atoms with van der Waals surface area (Å²) in [5, 5.41) is 2.73. The van der Waals surface area contributed by atoms with E-state index in [1.54, 1.807) is 24.4 Å². The van der Waals surface area contributed by atoms with Gasteiger partial charge in [-0.3, -0.25) is 0 Å². The molecule has 0 spiro atoms. The first-order chi connectivity index (χ1) is 8.75. The normalized spacial score (nSPS) is 14.1. The third-order valence-corrected chi connectivity index (χ3v) is 2.78. The Morgan fingerprint density at radius 2 is 2.17 bits per heavy atom. The third kappa shape index (κ3) is 1.69. The number of hydrogen-bond donors (Lipinski definition) is 1. The molecule has 1 aromatic carbocycles. The van der Waals surface area contributed by atoms with Gasteiger partial charge in [0.15, 0.2) is 0 Å². The monoisotopic (exact) mass is 243 g/mol. The lowest BCUT2D eigenvalue weighted by Gasteiger charge is -2.28. The lowest BCUT2D eigenvalue weighted by molar-refractivity contribution is 0.247. The molecule has 0 unspecified atom stereocenters. The number of fused-ring (bicyclic) bond motifs is 1. The minimum Gasteiger partial charge on any atom is -0.333 e. The van der Waals surface area contributed by atoms with Gasteiger partial charge in [-0.05, 0) is 24.3 Å². The van der Waals surface area contributed by atoms with E-state index in [4.69, 9.17) is 0 Å². The van der Waals surface area contributed by atoms with Crippen molar-refractivity contribution in [2.45, 2.75) is 6.54 Å². The van der Waals surface area contributed by atoms with Crippen molar-refractivity contribution in [1.82, 2.24) is 10.3 Å². The van der Waals surface area contributed by atoms with Crippen molar-refractivity contribution in [3.8, 4) is 0 Å². The highest BCUT2D eigenvalue weighted by Crippen LogP contribution is 2.29. The molecule has 3 rings (SSSR count). The molecule has 1 aliphatic rings. The summed E-state index contributed by atoms with van der Waals surface area (Å²) < 4.78 is 13.2. The second-order valence-corrected chi connectivity index (χ2v) is 3.96. The minimum absolute atomic E-state index is 0.299. The van der Waals surface area contributed by atoms with Crippen LogP contribution in [-0.2, 0) is 6.54 Å². The molecule has 0 saturated carbocycles. The summed E-state index contributed by atoms with van der Waals surface area (Å²) in [6.45, 7) is 0.438. The molecule has 2 aromatic rings. The molecule has 90 valence electrons. The van der Waals surface area contributed by atoms with Crippen molar-refractivity contribution in [3.63, 3.8) is 0 Å². The molecular weight excluding hydrogens is 233 g/mol. The molecule has 1 N–H and O–H groups in total. The molecule has 1 aromatic heterocycles. The van der Waals surface area contributed by atoms with Crippen LogP contribution in [0, 0.1) is 5.82 Å². The Kier molecular flexibility index (Phi) is 2.44. The first kappa shape index (κ1) is 10.7.